The molecule has 0 fully saturated rings. The highest BCUT2D eigenvalue weighted by Gasteiger charge is 2.24. The zero-order valence-electron chi connectivity index (χ0n) is 34.4. The van der Waals surface area contributed by atoms with Crippen molar-refractivity contribution >= 4 is 16.0 Å². The summed E-state index contributed by atoms with van der Waals surface area (Å²) in [6, 6.07) is -1.07. The molecule has 0 bridgehead atoms. The lowest BCUT2D eigenvalue weighted by Gasteiger charge is -2.21. The number of unbranched alkanes of at least 4 members (excludes halogenated alkanes) is 31. The number of amides is 1. The molecule has 2 atom stereocenters. The molecule has 0 radical (unpaired) electrons. The van der Waals surface area contributed by atoms with Crippen LogP contribution in [-0.2, 0) is 14.9 Å². The Morgan fingerprint density at radius 2 is 0.827 bits per heavy atom. The van der Waals surface area contributed by atoms with Crippen molar-refractivity contribution in [3.63, 3.8) is 0 Å². The molecule has 0 aromatic carbocycles. The Morgan fingerprint density at radius 3 is 1.21 bits per heavy atom. The molecule has 0 aliphatic carbocycles. The third-order valence-electron chi connectivity index (χ3n) is 10.4. The van der Waals surface area contributed by atoms with Gasteiger partial charge in [-0.2, -0.15) is 8.42 Å². The van der Waals surface area contributed by atoms with Gasteiger partial charge in [0.15, 0.2) is 0 Å². The van der Waals surface area contributed by atoms with Gasteiger partial charge in [-0.3, -0.25) is 9.35 Å². The number of carbonyl (C=O) groups is 1. The number of aliphatic hydroxyl groups is 1. The maximum Gasteiger partial charge on any atom is 0.267 e. The number of allylic oxidation sites excluding steroid dienone is 3. The number of hydrogen-bond donors (Lipinski definition) is 3. The Morgan fingerprint density at radius 1 is 0.500 bits per heavy atom. The molecule has 0 aliphatic rings. The molecule has 0 aromatic rings. The second-order valence-electron chi connectivity index (χ2n) is 15.7. The first-order chi connectivity index (χ1) is 25.3. The highest BCUT2D eigenvalue weighted by molar-refractivity contribution is 7.85. The molecule has 7 heteroatoms. The number of carbonyl (C=O) groups excluding carboxylic acids is 1. The van der Waals surface area contributed by atoms with Crippen LogP contribution in [0.25, 0.3) is 0 Å². The summed E-state index contributed by atoms with van der Waals surface area (Å²) in [6.45, 7) is 4.53. The SMILES string of the molecule is CCCCCCCCCCC/C=C/CC/C=C/C(O)C(CS(=O)(=O)O)NC(=O)CCCCCCCCCCCCCCCCCCCCCCCC. The molecule has 6 nitrogen and oxygen atoms in total. The lowest BCUT2D eigenvalue weighted by molar-refractivity contribution is -0.122. The molecular weight excluding hydrogens is 667 g/mol. The summed E-state index contributed by atoms with van der Waals surface area (Å²) < 4.78 is 32.5. The van der Waals surface area contributed by atoms with Crippen LogP contribution < -0.4 is 5.32 Å². The van der Waals surface area contributed by atoms with Crippen molar-refractivity contribution in [2.75, 3.05) is 5.75 Å². The fourth-order valence-electron chi connectivity index (χ4n) is 7.00. The van der Waals surface area contributed by atoms with E-state index in [0.29, 0.717) is 6.42 Å². The molecule has 0 aliphatic heterocycles. The van der Waals surface area contributed by atoms with E-state index in [1.165, 1.54) is 186 Å². The maximum absolute atomic E-state index is 12.5. The number of aliphatic hydroxyl groups excluding tert-OH is 1. The van der Waals surface area contributed by atoms with E-state index in [4.69, 9.17) is 0 Å². The quantitative estimate of drug-likeness (QED) is 0.0328. The Hall–Kier alpha value is -1.18. The van der Waals surface area contributed by atoms with Crippen molar-refractivity contribution in [3.05, 3.63) is 24.3 Å². The molecular formula is C45H87NO5S. The lowest BCUT2D eigenvalue weighted by Crippen LogP contribution is -2.46. The first-order valence-electron chi connectivity index (χ1n) is 22.5. The van der Waals surface area contributed by atoms with Crippen LogP contribution in [0.1, 0.15) is 239 Å². The van der Waals surface area contributed by atoms with Gasteiger partial charge in [-0.05, 0) is 32.1 Å². The normalized spacial score (nSPS) is 13.4. The van der Waals surface area contributed by atoms with E-state index < -0.39 is 28.0 Å². The minimum Gasteiger partial charge on any atom is -0.387 e. The minimum absolute atomic E-state index is 0.284. The summed E-state index contributed by atoms with van der Waals surface area (Å²) in [4.78, 5) is 12.5. The van der Waals surface area contributed by atoms with Crippen LogP contribution in [0.2, 0.25) is 0 Å². The van der Waals surface area contributed by atoms with Crippen LogP contribution >= 0.6 is 0 Å². The smallest absolute Gasteiger partial charge is 0.267 e. The molecule has 1 amide bonds. The molecule has 0 saturated heterocycles. The lowest BCUT2D eigenvalue weighted by atomic mass is 10.0. The fraction of sp³-hybridized carbons (Fsp3) is 0.889. The predicted molar refractivity (Wildman–Crippen MR) is 226 cm³/mol. The van der Waals surface area contributed by atoms with Gasteiger partial charge >= 0.3 is 0 Å². The molecule has 3 N–H and O–H groups in total. The van der Waals surface area contributed by atoms with Gasteiger partial charge in [-0.1, -0.05) is 224 Å². The average molecular weight is 754 g/mol. The van der Waals surface area contributed by atoms with Gasteiger partial charge < -0.3 is 10.4 Å². The van der Waals surface area contributed by atoms with Crippen molar-refractivity contribution in [2.24, 2.45) is 0 Å². The highest BCUT2D eigenvalue weighted by atomic mass is 32.2. The zero-order valence-corrected chi connectivity index (χ0v) is 35.3. The van der Waals surface area contributed by atoms with E-state index >= 15 is 0 Å². The predicted octanol–water partition coefficient (Wildman–Crippen LogP) is 13.5. The third-order valence-corrected chi connectivity index (χ3v) is 11.2. The second-order valence-corrected chi connectivity index (χ2v) is 17.2. The summed E-state index contributed by atoms with van der Waals surface area (Å²) in [5.41, 5.74) is 0. The molecule has 0 rings (SSSR count). The van der Waals surface area contributed by atoms with E-state index in [2.05, 4.69) is 31.3 Å². The minimum atomic E-state index is -4.35. The van der Waals surface area contributed by atoms with Gasteiger partial charge in [0.2, 0.25) is 5.91 Å². The summed E-state index contributed by atoms with van der Waals surface area (Å²) in [5.74, 6) is -0.990. The maximum atomic E-state index is 12.5. The Bertz CT molecular complexity index is 919. The number of rotatable bonds is 41. The van der Waals surface area contributed by atoms with Gasteiger partial charge in [0.05, 0.1) is 17.9 Å². The van der Waals surface area contributed by atoms with E-state index in [9.17, 15) is 22.9 Å². The zero-order chi connectivity index (χ0) is 38.2. The van der Waals surface area contributed by atoms with Crippen LogP contribution in [0.3, 0.4) is 0 Å². The first-order valence-corrected chi connectivity index (χ1v) is 24.1. The third kappa shape index (κ3) is 40.0. The largest absolute Gasteiger partial charge is 0.387 e. The van der Waals surface area contributed by atoms with Crippen molar-refractivity contribution in [1.29, 1.82) is 0 Å². The van der Waals surface area contributed by atoms with Crippen LogP contribution in [0.4, 0.5) is 0 Å². The standard InChI is InChI=1S/C45H87NO5S/c1-3-5-7-9-11-13-15-17-19-20-21-22-23-24-25-27-29-31-33-35-37-39-41-45(48)46-43(42-52(49,50)51)44(47)40-38-36-34-32-30-28-26-18-16-14-12-10-8-6-4-2/h30,32,38,40,43-44,47H,3-29,31,33-37,39,41-42H2,1-2H3,(H,46,48)(H,49,50,51)/b32-30+,40-38+. The van der Waals surface area contributed by atoms with Crippen molar-refractivity contribution in [1.82, 2.24) is 5.32 Å². The van der Waals surface area contributed by atoms with Gasteiger partial charge in [0.1, 0.15) is 0 Å². The fourth-order valence-corrected chi connectivity index (χ4v) is 7.73. The Kier molecular flexibility index (Phi) is 38.6. The van der Waals surface area contributed by atoms with Crippen LogP contribution in [0.15, 0.2) is 24.3 Å². The molecule has 0 spiro atoms. The van der Waals surface area contributed by atoms with Crippen molar-refractivity contribution in [2.45, 2.75) is 251 Å². The summed E-state index contributed by atoms with van der Waals surface area (Å²) in [5, 5.41) is 13.2. The van der Waals surface area contributed by atoms with Crippen LogP contribution in [0.5, 0.6) is 0 Å². The first kappa shape index (κ1) is 50.8. The summed E-state index contributed by atoms with van der Waals surface area (Å²) >= 11 is 0. The molecule has 0 heterocycles. The summed E-state index contributed by atoms with van der Waals surface area (Å²) in [7, 11) is -4.35. The topological polar surface area (TPSA) is 104 Å². The van der Waals surface area contributed by atoms with Gasteiger partial charge in [0.25, 0.3) is 10.1 Å². The van der Waals surface area contributed by atoms with E-state index in [-0.39, 0.29) is 5.91 Å². The average Bonchev–Trinajstić information content (AvgIpc) is 3.11. The van der Waals surface area contributed by atoms with Crippen LogP contribution in [0, 0.1) is 0 Å². The molecule has 308 valence electrons. The Labute approximate surface area is 324 Å². The number of hydrogen-bond acceptors (Lipinski definition) is 4. The highest BCUT2D eigenvalue weighted by Crippen LogP contribution is 2.16. The van der Waals surface area contributed by atoms with Gasteiger partial charge in [-0.15, -0.1) is 0 Å². The Balaban J connectivity index is 3.83. The van der Waals surface area contributed by atoms with Crippen molar-refractivity contribution < 1.29 is 22.9 Å². The number of nitrogens with one attached hydrogen (secondary N) is 1. The van der Waals surface area contributed by atoms with E-state index in [1.54, 1.807) is 0 Å². The summed E-state index contributed by atoms with van der Waals surface area (Å²) in [6.07, 6.45) is 50.3. The van der Waals surface area contributed by atoms with Crippen LogP contribution in [-0.4, -0.2) is 41.9 Å². The van der Waals surface area contributed by atoms with E-state index in [1.807, 2.05) is 6.08 Å². The molecule has 0 aromatic heterocycles. The molecule has 2 unspecified atom stereocenters. The van der Waals surface area contributed by atoms with Gasteiger partial charge in [0, 0.05) is 6.42 Å². The van der Waals surface area contributed by atoms with Crippen molar-refractivity contribution in [3.8, 4) is 0 Å². The second kappa shape index (κ2) is 39.5. The van der Waals surface area contributed by atoms with E-state index in [0.717, 1.165) is 38.5 Å². The molecule has 0 saturated carbocycles. The molecule has 52 heavy (non-hydrogen) atoms. The van der Waals surface area contributed by atoms with Gasteiger partial charge in [-0.25, -0.2) is 0 Å². The monoisotopic (exact) mass is 754 g/mol.